The first-order valence-electron chi connectivity index (χ1n) is 8.47. The summed E-state index contributed by atoms with van der Waals surface area (Å²) in [5.41, 5.74) is 1.72. The van der Waals surface area contributed by atoms with Gasteiger partial charge < -0.3 is 20.1 Å². The standard InChI is InChI=1S/C19H23N3O3/c1-24-17-5-4-16(22-19(23)12-15-3-2-8-21-15)11-18(17)25-13-14-6-9-20-10-7-14/h4-7,9-11,15,21H,2-3,8,12-13H2,1H3,(H,22,23). The van der Waals surface area contributed by atoms with Gasteiger partial charge in [0.15, 0.2) is 11.5 Å². The van der Waals surface area contributed by atoms with Crippen molar-refractivity contribution in [2.45, 2.75) is 31.9 Å². The zero-order valence-corrected chi connectivity index (χ0v) is 14.3. The summed E-state index contributed by atoms with van der Waals surface area (Å²) in [5.74, 6) is 1.23. The predicted octanol–water partition coefficient (Wildman–Crippen LogP) is 2.75. The van der Waals surface area contributed by atoms with Gasteiger partial charge in [-0.25, -0.2) is 0 Å². The topological polar surface area (TPSA) is 72.5 Å². The van der Waals surface area contributed by atoms with Gasteiger partial charge in [-0.05, 0) is 49.2 Å². The number of amides is 1. The van der Waals surface area contributed by atoms with Gasteiger partial charge in [-0.3, -0.25) is 9.78 Å². The molecule has 0 bridgehead atoms. The normalized spacial score (nSPS) is 16.4. The Morgan fingerprint density at radius 2 is 2.12 bits per heavy atom. The van der Waals surface area contributed by atoms with Crippen LogP contribution in [0.25, 0.3) is 0 Å². The Kier molecular flexibility index (Phi) is 5.85. The van der Waals surface area contributed by atoms with Crippen LogP contribution in [0.15, 0.2) is 42.7 Å². The average molecular weight is 341 g/mol. The van der Waals surface area contributed by atoms with Crippen molar-refractivity contribution in [2.24, 2.45) is 0 Å². The highest BCUT2D eigenvalue weighted by Crippen LogP contribution is 2.31. The van der Waals surface area contributed by atoms with Crippen molar-refractivity contribution in [3.05, 3.63) is 48.3 Å². The van der Waals surface area contributed by atoms with Crippen LogP contribution in [-0.2, 0) is 11.4 Å². The third kappa shape index (κ3) is 4.93. The van der Waals surface area contributed by atoms with E-state index in [2.05, 4.69) is 15.6 Å². The molecule has 6 heteroatoms. The van der Waals surface area contributed by atoms with Crippen LogP contribution < -0.4 is 20.1 Å². The van der Waals surface area contributed by atoms with E-state index in [1.165, 1.54) is 0 Å². The Hall–Kier alpha value is -2.60. The highest BCUT2D eigenvalue weighted by Gasteiger charge is 2.18. The SMILES string of the molecule is COc1ccc(NC(=O)CC2CCCN2)cc1OCc1ccncc1. The molecular weight excluding hydrogens is 318 g/mol. The minimum absolute atomic E-state index is 0.00431. The second-order valence-electron chi connectivity index (χ2n) is 6.06. The number of nitrogens with one attached hydrogen (secondary N) is 2. The Balaban J connectivity index is 1.63. The first kappa shape index (κ1) is 17.2. The van der Waals surface area contributed by atoms with E-state index in [0.717, 1.165) is 24.9 Å². The fraction of sp³-hybridized carbons (Fsp3) is 0.368. The number of carbonyl (C=O) groups is 1. The number of hydrogen-bond acceptors (Lipinski definition) is 5. The fourth-order valence-electron chi connectivity index (χ4n) is 2.87. The predicted molar refractivity (Wildman–Crippen MR) is 95.8 cm³/mol. The van der Waals surface area contributed by atoms with E-state index in [1.54, 1.807) is 31.6 Å². The number of anilines is 1. The molecule has 6 nitrogen and oxygen atoms in total. The molecule has 0 saturated carbocycles. The van der Waals surface area contributed by atoms with Crippen molar-refractivity contribution in [2.75, 3.05) is 19.0 Å². The molecule has 2 heterocycles. The second-order valence-corrected chi connectivity index (χ2v) is 6.06. The number of nitrogens with zero attached hydrogens (tertiary/aromatic N) is 1. The zero-order chi connectivity index (χ0) is 17.5. The van der Waals surface area contributed by atoms with Gasteiger partial charge in [0.05, 0.1) is 7.11 Å². The molecule has 132 valence electrons. The Morgan fingerprint density at radius 1 is 1.28 bits per heavy atom. The van der Waals surface area contributed by atoms with E-state index in [-0.39, 0.29) is 11.9 Å². The molecule has 3 rings (SSSR count). The smallest absolute Gasteiger partial charge is 0.225 e. The first-order valence-corrected chi connectivity index (χ1v) is 8.47. The lowest BCUT2D eigenvalue weighted by atomic mass is 10.1. The summed E-state index contributed by atoms with van der Waals surface area (Å²) < 4.78 is 11.2. The molecule has 1 fully saturated rings. The summed E-state index contributed by atoms with van der Waals surface area (Å²) in [6.07, 6.45) is 6.12. The number of pyridine rings is 1. The molecule has 0 radical (unpaired) electrons. The summed E-state index contributed by atoms with van der Waals surface area (Å²) in [4.78, 5) is 16.2. The van der Waals surface area contributed by atoms with Crippen molar-refractivity contribution in [3.63, 3.8) is 0 Å². The maximum Gasteiger partial charge on any atom is 0.225 e. The molecule has 1 aromatic heterocycles. The molecule has 1 aliphatic rings. The summed E-state index contributed by atoms with van der Waals surface area (Å²) in [7, 11) is 1.60. The average Bonchev–Trinajstić information content (AvgIpc) is 3.14. The van der Waals surface area contributed by atoms with Gasteiger partial charge in [0, 0.05) is 36.6 Å². The van der Waals surface area contributed by atoms with Crippen molar-refractivity contribution in [1.82, 2.24) is 10.3 Å². The third-order valence-electron chi connectivity index (χ3n) is 4.19. The minimum Gasteiger partial charge on any atom is -0.493 e. The number of carbonyl (C=O) groups excluding carboxylic acids is 1. The van der Waals surface area contributed by atoms with Gasteiger partial charge in [-0.2, -0.15) is 0 Å². The van der Waals surface area contributed by atoms with E-state index in [4.69, 9.17) is 9.47 Å². The van der Waals surface area contributed by atoms with Gasteiger partial charge in [0.25, 0.3) is 0 Å². The lowest BCUT2D eigenvalue weighted by Gasteiger charge is -2.14. The van der Waals surface area contributed by atoms with Crippen LogP contribution in [0, 0.1) is 0 Å². The van der Waals surface area contributed by atoms with Crippen LogP contribution in [0.4, 0.5) is 5.69 Å². The van der Waals surface area contributed by atoms with Gasteiger partial charge in [0.2, 0.25) is 5.91 Å². The molecule has 1 aliphatic heterocycles. The Morgan fingerprint density at radius 3 is 2.84 bits per heavy atom. The third-order valence-corrected chi connectivity index (χ3v) is 4.19. The number of rotatable bonds is 7. The van der Waals surface area contributed by atoms with E-state index in [9.17, 15) is 4.79 Å². The van der Waals surface area contributed by atoms with Crippen molar-refractivity contribution in [1.29, 1.82) is 0 Å². The molecule has 1 atom stereocenters. The fourth-order valence-corrected chi connectivity index (χ4v) is 2.87. The van der Waals surface area contributed by atoms with Gasteiger partial charge in [-0.15, -0.1) is 0 Å². The molecule has 0 aliphatic carbocycles. The summed E-state index contributed by atoms with van der Waals surface area (Å²) in [6, 6.07) is 9.48. The largest absolute Gasteiger partial charge is 0.493 e. The molecule has 1 unspecified atom stereocenters. The monoisotopic (exact) mass is 341 g/mol. The molecule has 2 aromatic rings. The van der Waals surface area contributed by atoms with Crippen LogP contribution in [0.5, 0.6) is 11.5 Å². The highest BCUT2D eigenvalue weighted by molar-refractivity contribution is 5.91. The van der Waals surface area contributed by atoms with Crippen LogP contribution >= 0.6 is 0 Å². The number of ether oxygens (including phenoxy) is 2. The second kappa shape index (κ2) is 8.48. The maximum absolute atomic E-state index is 12.2. The Labute approximate surface area is 147 Å². The van der Waals surface area contributed by atoms with Gasteiger partial charge in [0.1, 0.15) is 6.61 Å². The molecule has 1 saturated heterocycles. The molecule has 2 N–H and O–H groups in total. The van der Waals surface area contributed by atoms with Crippen LogP contribution in [0.3, 0.4) is 0 Å². The number of methoxy groups -OCH3 is 1. The quantitative estimate of drug-likeness (QED) is 0.810. The molecule has 1 aromatic carbocycles. The van der Waals surface area contributed by atoms with Crippen LogP contribution in [0.1, 0.15) is 24.8 Å². The highest BCUT2D eigenvalue weighted by atomic mass is 16.5. The number of hydrogen-bond donors (Lipinski definition) is 2. The van der Waals surface area contributed by atoms with E-state index in [0.29, 0.717) is 30.2 Å². The molecule has 0 spiro atoms. The molecule has 25 heavy (non-hydrogen) atoms. The zero-order valence-electron chi connectivity index (χ0n) is 14.3. The van der Waals surface area contributed by atoms with Crippen LogP contribution in [0.2, 0.25) is 0 Å². The Bertz CT molecular complexity index is 700. The molecular formula is C19H23N3O3. The van der Waals surface area contributed by atoms with Crippen molar-refractivity contribution >= 4 is 11.6 Å². The molecule has 1 amide bonds. The van der Waals surface area contributed by atoms with Crippen LogP contribution in [-0.4, -0.2) is 30.6 Å². The maximum atomic E-state index is 12.2. The van der Waals surface area contributed by atoms with E-state index < -0.39 is 0 Å². The summed E-state index contributed by atoms with van der Waals surface area (Å²) >= 11 is 0. The number of benzene rings is 1. The van der Waals surface area contributed by atoms with Crippen molar-refractivity contribution in [3.8, 4) is 11.5 Å². The van der Waals surface area contributed by atoms with Gasteiger partial charge in [-0.1, -0.05) is 0 Å². The summed E-state index contributed by atoms with van der Waals surface area (Å²) in [6.45, 7) is 1.40. The van der Waals surface area contributed by atoms with Crippen molar-refractivity contribution < 1.29 is 14.3 Å². The minimum atomic E-state index is 0.00431. The summed E-state index contributed by atoms with van der Waals surface area (Å²) in [5, 5.41) is 6.26. The first-order chi connectivity index (χ1) is 12.2. The van der Waals surface area contributed by atoms with E-state index in [1.807, 2.05) is 18.2 Å². The lowest BCUT2D eigenvalue weighted by Crippen LogP contribution is -2.27. The number of aromatic nitrogens is 1. The van der Waals surface area contributed by atoms with Gasteiger partial charge >= 0.3 is 0 Å². The van der Waals surface area contributed by atoms with E-state index >= 15 is 0 Å². The lowest BCUT2D eigenvalue weighted by molar-refractivity contribution is -0.116.